The second kappa shape index (κ2) is 8.00. The molecule has 1 aliphatic rings. The van der Waals surface area contributed by atoms with Gasteiger partial charge in [-0.15, -0.1) is 0 Å². The van der Waals surface area contributed by atoms with Crippen molar-refractivity contribution in [2.75, 3.05) is 31.1 Å². The molecule has 1 saturated heterocycles. The zero-order chi connectivity index (χ0) is 19.4. The van der Waals surface area contributed by atoms with E-state index < -0.39 is 11.7 Å². The van der Waals surface area contributed by atoms with E-state index in [9.17, 15) is 18.0 Å². The minimum Gasteiger partial charge on any atom is -0.368 e. The standard InChI is InChI=1S/C19H17ClF3N3O/c20-17-3-2-15(19(21,22)23)13-14(17)1-4-18(27)26-11-9-25(10-12-26)16-5-7-24-8-6-16/h1-8,13H,9-12H2/b4-1+. The molecular formula is C19H17ClF3N3O. The third-order valence-electron chi connectivity index (χ3n) is 4.35. The summed E-state index contributed by atoms with van der Waals surface area (Å²) in [7, 11) is 0. The Bertz CT molecular complexity index is 832. The first-order chi connectivity index (χ1) is 12.8. The molecule has 2 aromatic rings. The number of amides is 1. The van der Waals surface area contributed by atoms with E-state index >= 15 is 0 Å². The van der Waals surface area contributed by atoms with Crippen molar-refractivity contribution in [1.82, 2.24) is 9.88 Å². The molecule has 8 heteroatoms. The van der Waals surface area contributed by atoms with E-state index in [1.807, 2.05) is 12.1 Å². The van der Waals surface area contributed by atoms with Crippen LogP contribution in [-0.4, -0.2) is 42.0 Å². The number of carbonyl (C=O) groups is 1. The van der Waals surface area contributed by atoms with Crippen LogP contribution < -0.4 is 4.90 Å². The van der Waals surface area contributed by atoms with E-state index in [2.05, 4.69) is 9.88 Å². The zero-order valence-electron chi connectivity index (χ0n) is 14.3. The number of alkyl halides is 3. The lowest BCUT2D eigenvalue weighted by Crippen LogP contribution is -2.48. The summed E-state index contributed by atoms with van der Waals surface area (Å²) >= 11 is 5.95. The minimum atomic E-state index is -4.46. The van der Waals surface area contributed by atoms with Crippen LogP contribution in [0.5, 0.6) is 0 Å². The number of piperazine rings is 1. The quantitative estimate of drug-likeness (QED) is 0.734. The van der Waals surface area contributed by atoms with Crippen molar-refractivity contribution in [3.8, 4) is 0 Å². The fraction of sp³-hybridized carbons (Fsp3) is 0.263. The van der Waals surface area contributed by atoms with Gasteiger partial charge in [0.05, 0.1) is 5.56 Å². The van der Waals surface area contributed by atoms with Crippen LogP contribution in [-0.2, 0) is 11.0 Å². The summed E-state index contributed by atoms with van der Waals surface area (Å²) in [5.74, 6) is -0.252. The number of nitrogens with zero attached hydrogens (tertiary/aromatic N) is 3. The Kier molecular flexibility index (Phi) is 5.70. The fourth-order valence-electron chi connectivity index (χ4n) is 2.85. The van der Waals surface area contributed by atoms with Crippen LogP contribution >= 0.6 is 11.6 Å². The molecular weight excluding hydrogens is 379 g/mol. The smallest absolute Gasteiger partial charge is 0.368 e. The van der Waals surface area contributed by atoms with Crippen LogP contribution in [0.2, 0.25) is 5.02 Å². The number of carbonyl (C=O) groups excluding carboxylic acids is 1. The third kappa shape index (κ3) is 4.80. The maximum absolute atomic E-state index is 12.8. The van der Waals surface area contributed by atoms with Gasteiger partial charge < -0.3 is 9.80 Å². The molecule has 0 aliphatic carbocycles. The Balaban J connectivity index is 1.63. The maximum atomic E-state index is 12.8. The molecule has 1 aliphatic heterocycles. The molecule has 0 radical (unpaired) electrons. The molecule has 0 atom stereocenters. The van der Waals surface area contributed by atoms with Gasteiger partial charge in [-0.3, -0.25) is 9.78 Å². The number of halogens is 4. The molecule has 2 heterocycles. The van der Waals surface area contributed by atoms with Gasteiger partial charge in [0.25, 0.3) is 0 Å². The number of anilines is 1. The third-order valence-corrected chi connectivity index (χ3v) is 4.69. The normalized spacial score (nSPS) is 15.4. The van der Waals surface area contributed by atoms with E-state index in [-0.39, 0.29) is 16.5 Å². The van der Waals surface area contributed by atoms with E-state index in [4.69, 9.17) is 11.6 Å². The molecule has 1 amide bonds. The van der Waals surface area contributed by atoms with Crippen LogP contribution in [0.15, 0.2) is 48.8 Å². The first kappa shape index (κ1) is 19.2. The Morgan fingerprint density at radius 2 is 1.74 bits per heavy atom. The minimum absolute atomic E-state index is 0.162. The summed E-state index contributed by atoms with van der Waals surface area (Å²) in [4.78, 5) is 20.2. The Labute approximate surface area is 159 Å². The highest BCUT2D eigenvalue weighted by Gasteiger charge is 2.30. The second-order valence-electron chi connectivity index (χ2n) is 6.09. The highest BCUT2D eigenvalue weighted by Crippen LogP contribution is 2.32. The molecule has 3 rings (SSSR count). The van der Waals surface area contributed by atoms with Gasteiger partial charge in [0.2, 0.25) is 5.91 Å². The summed E-state index contributed by atoms with van der Waals surface area (Å²) in [5.41, 5.74) is 0.406. The second-order valence-corrected chi connectivity index (χ2v) is 6.49. The lowest BCUT2D eigenvalue weighted by atomic mass is 10.1. The molecule has 0 bridgehead atoms. The number of hydrogen-bond donors (Lipinski definition) is 0. The van der Waals surface area contributed by atoms with E-state index in [1.54, 1.807) is 17.3 Å². The summed E-state index contributed by atoms with van der Waals surface area (Å²) < 4.78 is 38.4. The topological polar surface area (TPSA) is 36.4 Å². The highest BCUT2D eigenvalue weighted by atomic mass is 35.5. The highest BCUT2D eigenvalue weighted by molar-refractivity contribution is 6.32. The molecule has 27 heavy (non-hydrogen) atoms. The van der Waals surface area contributed by atoms with E-state index in [0.717, 1.165) is 17.8 Å². The molecule has 4 nitrogen and oxygen atoms in total. The SMILES string of the molecule is O=C(/C=C/c1cc(C(F)(F)F)ccc1Cl)N1CCN(c2ccncc2)CC1. The summed E-state index contributed by atoms with van der Waals surface area (Å²) in [6.45, 7) is 2.41. The van der Waals surface area contributed by atoms with Gasteiger partial charge in [-0.25, -0.2) is 0 Å². The summed E-state index contributed by atoms with van der Waals surface area (Å²) in [6, 6.07) is 6.86. The van der Waals surface area contributed by atoms with Crippen LogP contribution in [0, 0.1) is 0 Å². The predicted octanol–water partition coefficient (Wildman–Crippen LogP) is 4.12. The van der Waals surface area contributed by atoms with Crippen LogP contribution in [0.3, 0.4) is 0 Å². The maximum Gasteiger partial charge on any atom is 0.416 e. The van der Waals surface area contributed by atoms with Crippen molar-refractivity contribution in [3.05, 3.63) is 65.0 Å². The van der Waals surface area contributed by atoms with Crippen LogP contribution in [0.1, 0.15) is 11.1 Å². The molecule has 0 saturated carbocycles. The summed E-state index contributed by atoms with van der Waals surface area (Å²) in [5, 5.41) is 0.162. The van der Waals surface area contributed by atoms with Gasteiger partial charge in [-0.1, -0.05) is 11.6 Å². The average Bonchev–Trinajstić information content (AvgIpc) is 2.67. The molecule has 0 unspecified atom stereocenters. The van der Waals surface area contributed by atoms with Crippen molar-refractivity contribution < 1.29 is 18.0 Å². The summed E-state index contributed by atoms with van der Waals surface area (Å²) in [6.07, 6.45) is 1.57. The number of benzene rings is 1. The number of hydrogen-bond acceptors (Lipinski definition) is 3. The van der Waals surface area contributed by atoms with Gasteiger partial charge in [-0.2, -0.15) is 13.2 Å². The Morgan fingerprint density at radius 1 is 1.07 bits per heavy atom. The monoisotopic (exact) mass is 395 g/mol. The number of pyridine rings is 1. The number of aromatic nitrogens is 1. The number of rotatable bonds is 3. The fourth-order valence-corrected chi connectivity index (χ4v) is 3.03. The first-order valence-corrected chi connectivity index (χ1v) is 8.71. The van der Waals surface area contributed by atoms with Gasteiger partial charge in [-0.05, 0) is 42.0 Å². The van der Waals surface area contributed by atoms with Gasteiger partial charge >= 0.3 is 6.18 Å². The van der Waals surface area contributed by atoms with Crippen molar-refractivity contribution in [2.45, 2.75) is 6.18 Å². The molecule has 142 valence electrons. The van der Waals surface area contributed by atoms with Crippen molar-refractivity contribution in [2.24, 2.45) is 0 Å². The van der Waals surface area contributed by atoms with Crippen LogP contribution in [0.25, 0.3) is 6.08 Å². The van der Waals surface area contributed by atoms with Gasteiger partial charge in [0, 0.05) is 55.4 Å². The molecule has 0 spiro atoms. The lowest BCUT2D eigenvalue weighted by Gasteiger charge is -2.35. The van der Waals surface area contributed by atoms with Gasteiger partial charge in [0.15, 0.2) is 0 Å². The molecule has 0 N–H and O–H groups in total. The first-order valence-electron chi connectivity index (χ1n) is 8.33. The Hall–Kier alpha value is -2.54. The molecule has 1 aromatic heterocycles. The zero-order valence-corrected chi connectivity index (χ0v) is 15.0. The van der Waals surface area contributed by atoms with Crippen molar-refractivity contribution in [3.63, 3.8) is 0 Å². The van der Waals surface area contributed by atoms with Crippen molar-refractivity contribution >= 4 is 29.3 Å². The van der Waals surface area contributed by atoms with E-state index in [1.165, 1.54) is 18.2 Å². The lowest BCUT2D eigenvalue weighted by molar-refractivity contribution is -0.137. The predicted molar refractivity (Wildman–Crippen MR) is 98.5 cm³/mol. The largest absolute Gasteiger partial charge is 0.416 e. The van der Waals surface area contributed by atoms with Gasteiger partial charge in [0.1, 0.15) is 0 Å². The van der Waals surface area contributed by atoms with Crippen LogP contribution in [0.4, 0.5) is 18.9 Å². The van der Waals surface area contributed by atoms with E-state index in [0.29, 0.717) is 26.2 Å². The molecule has 1 aromatic carbocycles. The average molecular weight is 396 g/mol. The molecule has 1 fully saturated rings. The Morgan fingerprint density at radius 3 is 2.37 bits per heavy atom. The van der Waals surface area contributed by atoms with Crippen molar-refractivity contribution in [1.29, 1.82) is 0 Å².